The summed E-state index contributed by atoms with van der Waals surface area (Å²) in [6.45, 7) is 7.72. The highest BCUT2D eigenvalue weighted by molar-refractivity contribution is 7.89. The molecule has 0 atom stereocenters. The highest BCUT2D eigenvalue weighted by Crippen LogP contribution is 2.27. The fraction of sp³-hybridized carbons (Fsp3) is 0.474. The van der Waals surface area contributed by atoms with Gasteiger partial charge in [-0.1, -0.05) is 20.3 Å². The van der Waals surface area contributed by atoms with Gasteiger partial charge in [-0.2, -0.15) is 0 Å². The summed E-state index contributed by atoms with van der Waals surface area (Å²) in [5, 5.41) is 3.38. The van der Waals surface area contributed by atoms with Crippen LogP contribution in [0.2, 0.25) is 0 Å². The van der Waals surface area contributed by atoms with E-state index in [0.29, 0.717) is 16.3 Å². The van der Waals surface area contributed by atoms with Crippen LogP contribution >= 0.6 is 11.3 Å². The van der Waals surface area contributed by atoms with E-state index in [4.69, 9.17) is 0 Å². The Hall–Kier alpha value is -1.77. The third kappa shape index (κ3) is 4.56. The third-order valence-electron chi connectivity index (χ3n) is 4.45. The van der Waals surface area contributed by atoms with Gasteiger partial charge in [-0.15, -0.1) is 11.3 Å². The Bertz CT molecular complexity index is 947. The molecule has 0 bridgehead atoms. The van der Waals surface area contributed by atoms with E-state index in [1.807, 2.05) is 0 Å². The lowest BCUT2D eigenvalue weighted by Gasteiger charge is -2.16. The van der Waals surface area contributed by atoms with Crippen LogP contribution in [0.5, 0.6) is 0 Å². The first kappa shape index (κ1) is 21.5. The molecule has 0 fully saturated rings. The number of carbonyl (C=O) groups is 1. The fourth-order valence-corrected chi connectivity index (χ4v) is 4.90. The molecule has 1 N–H and O–H groups in total. The lowest BCUT2D eigenvalue weighted by atomic mass is 10.1. The zero-order chi connectivity index (χ0) is 20.4. The van der Waals surface area contributed by atoms with Gasteiger partial charge in [0.2, 0.25) is 10.0 Å². The van der Waals surface area contributed by atoms with Gasteiger partial charge in [0, 0.05) is 24.5 Å². The molecule has 6 nitrogen and oxygen atoms in total. The van der Waals surface area contributed by atoms with Crippen molar-refractivity contribution in [3.63, 3.8) is 0 Å². The second kappa shape index (κ2) is 8.50. The predicted molar refractivity (Wildman–Crippen MR) is 110 cm³/mol. The maximum Gasteiger partial charge on any atom is 0.257 e. The maximum atomic E-state index is 12.7. The van der Waals surface area contributed by atoms with Crippen LogP contribution in [0.3, 0.4) is 0 Å². The summed E-state index contributed by atoms with van der Waals surface area (Å²) in [4.78, 5) is 18.6. The minimum absolute atomic E-state index is 0.151. The molecule has 1 aromatic heterocycles. The van der Waals surface area contributed by atoms with E-state index in [2.05, 4.69) is 24.1 Å². The van der Waals surface area contributed by atoms with E-state index >= 15 is 0 Å². The predicted octanol–water partition coefficient (Wildman–Crippen LogP) is 3.78. The van der Waals surface area contributed by atoms with Crippen molar-refractivity contribution in [2.45, 2.75) is 51.9 Å². The van der Waals surface area contributed by atoms with Crippen molar-refractivity contribution in [3.8, 4) is 0 Å². The molecule has 27 heavy (non-hydrogen) atoms. The number of thiazole rings is 1. The molecule has 1 heterocycles. The van der Waals surface area contributed by atoms with Crippen LogP contribution in [0.1, 0.15) is 52.3 Å². The van der Waals surface area contributed by atoms with Gasteiger partial charge in [-0.3, -0.25) is 10.1 Å². The summed E-state index contributed by atoms with van der Waals surface area (Å²) in [5.41, 5.74) is 2.73. The van der Waals surface area contributed by atoms with Crippen molar-refractivity contribution in [1.82, 2.24) is 9.29 Å². The van der Waals surface area contributed by atoms with Gasteiger partial charge >= 0.3 is 0 Å². The largest absolute Gasteiger partial charge is 0.298 e. The van der Waals surface area contributed by atoms with Crippen molar-refractivity contribution >= 4 is 32.4 Å². The second-order valence-electron chi connectivity index (χ2n) is 6.65. The van der Waals surface area contributed by atoms with Gasteiger partial charge in [0.15, 0.2) is 5.13 Å². The molecule has 0 aliphatic rings. The maximum absolute atomic E-state index is 12.7. The molecule has 0 saturated heterocycles. The lowest BCUT2D eigenvalue weighted by Crippen LogP contribution is -2.24. The number of aryl methyl sites for hydroxylation is 3. The van der Waals surface area contributed by atoms with Crippen LogP contribution in [0, 0.1) is 13.8 Å². The Kier molecular flexibility index (Phi) is 6.77. The molecular formula is C19H27N3O3S2. The zero-order valence-corrected chi connectivity index (χ0v) is 18.3. The Morgan fingerprint density at radius 1 is 1.22 bits per heavy atom. The minimum atomic E-state index is -3.63. The molecule has 0 saturated carbocycles. The number of hydrogen-bond donors (Lipinski definition) is 1. The lowest BCUT2D eigenvalue weighted by molar-refractivity contribution is 0.102. The first-order chi connectivity index (χ1) is 12.6. The van der Waals surface area contributed by atoms with Gasteiger partial charge in [0.1, 0.15) is 0 Å². The third-order valence-corrected chi connectivity index (χ3v) is 7.55. The first-order valence-electron chi connectivity index (χ1n) is 8.95. The normalized spacial score (nSPS) is 11.8. The fourth-order valence-electron chi connectivity index (χ4n) is 2.74. The molecule has 1 amide bonds. The van der Waals surface area contributed by atoms with Crippen molar-refractivity contribution in [2.24, 2.45) is 0 Å². The molecule has 1 aromatic carbocycles. The Balaban J connectivity index is 2.39. The Labute approximate surface area is 165 Å². The summed E-state index contributed by atoms with van der Waals surface area (Å²) < 4.78 is 26.3. The van der Waals surface area contributed by atoms with E-state index in [9.17, 15) is 13.2 Å². The molecule has 0 aliphatic heterocycles. The van der Waals surface area contributed by atoms with E-state index in [1.54, 1.807) is 19.9 Å². The Morgan fingerprint density at radius 3 is 2.44 bits per heavy atom. The van der Waals surface area contributed by atoms with Gasteiger partial charge in [-0.05, 0) is 49.9 Å². The average Bonchev–Trinajstić information content (AvgIpc) is 2.98. The smallest absolute Gasteiger partial charge is 0.257 e. The molecule has 0 spiro atoms. The van der Waals surface area contributed by atoms with E-state index < -0.39 is 10.0 Å². The highest BCUT2D eigenvalue weighted by Gasteiger charge is 2.23. The summed E-state index contributed by atoms with van der Waals surface area (Å²) >= 11 is 1.47. The van der Waals surface area contributed by atoms with Crippen molar-refractivity contribution in [1.29, 1.82) is 0 Å². The van der Waals surface area contributed by atoms with Crippen LogP contribution in [-0.4, -0.2) is 37.7 Å². The number of carbonyl (C=O) groups excluding carboxylic acids is 1. The molecule has 0 radical (unpaired) electrons. The molecule has 148 valence electrons. The summed E-state index contributed by atoms with van der Waals surface area (Å²) in [7, 11) is -0.672. The molecule has 0 unspecified atom stereocenters. The first-order valence-corrected chi connectivity index (χ1v) is 11.2. The number of sulfonamides is 1. The molecule has 2 aromatic rings. The van der Waals surface area contributed by atoms with Crippen molar-refractivity contribution < 1.29 is 13.2 Å². The quantitative estimate of drug-likeness (QED) is 0.755. The number of nitrogens with one attached hydrogen (secondary N) is 1. The topological polar surface area (TPSA) is 79.4 Å². The van der Waals surface area contributed by atoms with Gasteiger partial charge in [0.25, 0.3) is 5.91 Å². The van der Waals surface area contributed by atoms with Crippen LogP contribution in [-0.2, 0) is 22.9 Å². The number of aromatic nitrogens is 1. The van der Waals surface area contributed by atoms with E-state index in [1.165, 1.54) is 36.4 Å². The number of nitrogens with zero attached hydrogens (tertiary/aromatic N) is 2. The van der Waals surface area contributed by atoms with Crippen molar-refractivity contribution in [2.75, 3.05) is 19.4 Å². The van der Waals surface area contributed by atoms with E-state index in [-0.39, 0.29) is 10.8 Å². The van der Waals surface area contributed by atoms with Gasteiger partial charge in [-0.25, -0.2) is 17.7 Å². The van der Waals surface area contributed by atoms with Crippen LogP contribution in [0.25, 0.3) is 0 Å². The number of hydrogen-bond acceptors (Lipinski definition) is 5. The number of rotatable bonds is 7. The number of amides is 1. The minimum Gasteiger partial charge on any atom is -0.298 e. The Morgan fingerprint density at radius 2 is 1.89 bits per heavy atom. The monoisotopic (exact) mass is 409 g/mol. The van der Waals surface area contributed by atoms with Crippen molar-refractivity contribution in [3.05, 3.63) is 39.4 Å². The summed E-state index contributed by atoms with van der Waals surface area (Å²) in [6.07, 6.45) is 2.75. The van der Waals surface area contributed by atoms with Gasteiger partial charge in [0.05, 0.1) is 10.6 Å². The SMILES string of the molecule is CCCc1nc(NC(=O)c2cc(C)c(C)c(S(=O)(=O)N(C)C)c2)sc1CC. The highest BCUT2D eigenvalue weighted by atomic mass is 32.2. The van der Waals surface area contributed by atoms with Crippen LogP contribution in [0.15, 0.2) is 17.0 Å². The van der Waals surface area contributed by atoms with Crippen LogP contribution < -0.4 is 5.32 Å². The number of benzene rings is 1. The molecular weight excluding hydrogens is 382 g/mol. The van der Waals surface area contributed by atoms with Crippen LogP contribution in [0.4, 0.5) is 5.13 Å². The molecule has 0 aliphatic carbocycles. The standard InChI is InChI=1S/C19H27N3O3S2/c1-7-9-15-16(8-2)26-19(20-15)21-18(23)14-10-12(3)13(4)17(11-14)27(24,25)22(5)6/h10-11H,7-9H2,1-6H3,(H,20,21,23). The molecule has 8 heteroatoms. The average molecular weight is 410 g/mol. The second-order valence-corrected chi connectivity index (χ2v) is 9.85. The summed E-state index contributed by atoms with van der Waals surface area (Å²) in [5.74, 6) is -0.354. The summed E-state index contributed by atoms with van der Waals surface area (Å²) in [6, 6.07) is 3.15. The van der Waals surface area contributed by atoms with E-state index in [0.717, 1.165) is 34.8 Å². The van der Waals surface area contributed by atoms with Gasteiger partial charge < -0.3 is 0 Å². The number of anilines is 1. The zero-order valence-electron chi connectivity index (χ0n) is 16.7. The molecule has 2 rings (SSSR count).